The fourth-order valence-corrected chi connectivity index (χ4v) is 4.47. The molecule has 1 saturated heterocycles. The Balaban J connectivity index is 1.64. The summed E-state index contributed by atoms with van der Waals surface area (Å²) in [7, 11) is 3.48. The number of hydrogen-bond acceptors (Lipinski definition) is 2. The third kappa shape index (κ3) is 4.32. The summed E-state index contributed by atoms with van der Waals surface area (Å²) >= 11 is 0. The molecule has 0 radical (unpaired) electrons. The second-order valence-corrected chi connectivity index (χ2v) is 8.33. The number of urea groups is 1. The number of carbonyl (C=O) groups is 1. The third-order valence-corrected chi connectivity index (χ3v) is 6.21. The monoisotopic (exact) mass is 429 g/mol. The minimum atomic E-state index is -1.14. The van der Waals surface area contributed by atoms with Gasteiger partial charge in [0.15, 0.2) is 0 Å². The van der Waals surface area contributed by atoms with Gasteiger partial charge in [0.25, 0.3) is 0 Å². The first-order valence-corrected chi connectivity index (χ1v) is 10.4. The van der Waals surface area contributed by atoms with Crippen molar-refractivity contribution in [1.82, 2.24) is 14.7 Å². The minimum absolute atomic E-state index is 0.118. The summed E-state index contributed by atoms with van der Waals surface area (Å²) in [6.07, 6.45) is 1.20. The summed E-state index contributed by atoms with van der Waals surface area (Å²) in [6, 6.07) is 11.4. The maximum atomic E-state index is 14.7. The largest absolute Gasteiger partial charge is 0.322 e. The van der Waals surface area contributed by atoms with Gasteiger partial charge in [-0.1, -0.05) is 36.4 Å². The van der Waals surface area contributed by atoms with Crippen LogP contribution in [0, 0.1) is 11.6 Å². The molecule has 2 heterocycles. The first kappa shape index (κ1) is 21.4. The predicted molar refractivity (Wildman–Crippen MR) is 114 cm³/mol. The fraction of sp³-hybridized carbons (Fsp3) is 0.375. The Hall–Kier alpha value is -2.80. The van der Waals surface area contributed by atoms with E-state index >= 15 is 0 Å². The van der Waals surface area contributed by atoms with Crippen molar-refractivity contribution < 1.29 is 18.0 Å². The van der Waals surface area contributed by atoms with Gasteiger partial charge in [0.05, 0.1) is 12.1 Å². The Bertz CT molecular complexity index is 981. The molecule has 1 fully saturated rings. The number of amides is 2. The molecule has 2 aromatic carbocycles. The Morgan fingerprint density at radius 1 is 1.13 bits per heavy atom. The van der Waals surface area contributed by atoms with Crippen molar-refractivity contribution in [2.45, 2.75) is 24.7 Å². The fourth-order valence-electron chi connectivity index (χ4n) is 4.47. The van der Waals surface area contributed by atoms with Crippen molar-refractivity contribution in [2.75, 3.05) is 33.7 Å². The lowest BCUT2D eigenvalue weighted by Crippen LogP contribution is -2.54. The van der Waals surface area contributed by atoms with Gasteiger partial charge < -0.3 is 14.7 Å². The van der Waals surface area contributed by atoms with E-state index in [4.69, 9.17) is 0 Å². The molecule has 0 aromatic heterocycles. The number of alkyl halides is 1. The summed E-state index contributed by atoms with van der Waals surface area (Å²) in [5.74, 6) is -1.08. The molecule has 0 bridgehead atoms. The Morgan fingerprint density at radius 2 is 1.87 bits per heavy atom. The number of halogens is 3. The molecule has 2 aliphatic heterocycles. The van der Waals surface area contributed by atoms with Gasteiger partial charge in [-0.25, -0.2) is 18.0 Å². The topological polar surface area (TPSA) is 26.8 Å². The zero-order chi connectivity index (χ0) is 22.1. The summed E-state index contributed by atoms with van der Waals surface area (Å²) in [6.45, 7) is 1.11. The third-order valence-electron chi connectivity index (χ3n) is 6.21. The van der Waals surface area contributed by atoms with Crippen LogP contribution >= 0.6 is 0 Å². The molecule has 0 saturated carbocycles. The maximum Gasteiger partial charge on any atom is 0.321 e. The van der Waals surface area contributed by atoms with Crippen molar-refractivity contribution in [3.63, 3.8) is 0 Å². The number of nitrogens with zero attached hydrogens (tertiary/aromatic N) is 3. The lowest BCUT2D eigenvalue weighted by molar-refractivity contribution is 0.0601. The number of rotatable bonds is 3. The highest BCUT2D eigenvalue weighted by Crippen LogP contribution is 2.37. The van der Waals surface area contributed by atoms with E-state index < -0.39 is 29.9 Å². The molecule has 0 unspecified atom stereocenters. The van der Waals surface area contributed by atoms with Crippen LogP contribution in [0.4, 0.5) is 18.0 Å². The van der Waals surface area contributed by atoms with Gasteiger partial charge in [-0.05, 0) is 42.8 Å². The van der Waals surface area contributed by atoms with Crippen LogP contribution in [0.5, 0.6) is 0 Å². The minimum Gasteiger partial charge on any atom is -0.322 e. The number of benzene rings is 2. The van der Waals surface area contributed by atoms with E-state index in [0.717, 1.165) is 23.8 Å². The molecule has 4 rings (SSSR count). The Labute approximate surface area is 180 Å². The average Bonchev–Trinajstić information content (AvgIpc) is 3.20. The summed E-state index contributed by atoms with van der Waals surface area (Å²) in [5, 5.41) is 0. The van der Waals surface area contributed by atoms with Crippen LogP contribution < -0.4 is 0 Å². The maximum absolute atomic E-state index is 14.7. The molecule has 0 spiro atoms. The smallest absolute Gasteiger partial charge is 0.321 e. The molecule has 2 aromatic rings. The van der Waals surface area contributed by atoms with Crippen LogP contribution in [0.3, 0.4) is 0 Å². The highest BCUT2D eigenvalue weighted by Gasteiger charge is 2.38. The molecule has 2 aliphatic rings. The number of likely N-dealkylation sites (tertiary alicyclic amines) is 1. The number of piperidine rings is 1. The molecule has 31 heavy (non-hydrogen) atoms. The molecule has 0 N–H and O–H groups in total. The highest BCUT2D eigenvalue weighted by molar-refractivity contribution is 5.82. The van der Waals surface area contributed by atoms with E-state index in [-0.39, 0.29) is 24.7 Å². The first-order valence-electron chi connectivity index (χ1n) is 10.4. The van der Waals surface area contributed by atoms with E-state index in [1.165, 1.54) is 4.90 Å². The summed E-state index contributed by atoms with van der Waals surface area (Å²) < 4.78 is 42.9. The second-order valence-electron chi connectivity index (χ2n) is 8.33. The van der Waals surface area contributed by atoms with Gasteiger partial charge in [-0.2, -0.15) is 0 Å². The van der Waals surface area contributed by atoms with Gasteiger partial charge >= 0.3 is 6.03 Å². The van der Waals surface area contributed by atoms with Crippen LogP contribution in [-0.2, 0) is 0 Å². The quantitative estimate of drug-likeness (QED) is 0.718. The number of carbonyl (C=O) groups excluding carboxylic acids is 1. The van der Waals surface area contributed by atoms with Crippen molar-refractivity contribution in [3.8, 4) is 0 Å². The molecule has 4 nitrogen and oxygen atoms in total. The SMILES string of the molecule is CN1CC[C@H](N(C)C(=O)N2CC(c3cc(F)ccc3F)=C[C@H]2c2ccccc2)[C@H](F)C1. The average molecular weight is 429 g/mol. The van der Waals surface area contributed by atoms with Crippen LogP contribution in [0.1, 0.15) is 23.6 Å². The van der Waals surface area contributed by atoms with E-state index in [2.05, 4.69) is 0 Å². The highest BCUT2D eigenvalue weighted by atomic mass is 19.1. The molecular weight excluding hydrogens is 403 g/mol. The lowest BCUT2D eigenvalue weighted by atomic mass is 10.0. The Morgan fingerprint density at radius 3 is 2.58 bits per heavy atom. The van der Waals surface area contributed by atoms with Gasteiger partial charge in [0.2, 0.25) is 0 Å². The van der Waals surface area contributed by atoms with Gasteiger partial charge in [0, 0.05) is 32.2 Å². The van der Waals surface area contributed by atoms with Crippen LogP contribution in [-0.4, -0.2) is 66.7 Å². The molecule has 164 valence electrons. The van der Waals surface area contributed by atoms with E-state index in [9.17, 15) is 18.0 Å². The predicted octanol–water partition coefficient (Wildman–Crippen LogP) is 4.50. The molecule has 3 atom stereocenters. The molecule has 7 heteroatoms. The van der Waals surface area contributed by atoms with Crippen LogP contribution in [0.15, 0.2) is 54.6 Å². The van der Waals surface area contributed by atoms with Crippen LogP contribution in [0.2, 0.25) is 0 Å². The zero-order valence-electron chi connectivity index (χ0n) is 17.6. The van der Waals surface area contributed by atoms with Crippen molar-refractivity contribution >= 4 is 11.6 Å². The van der Waals surface area contributed by atoms with Gasteiger partial charge in [0.1, 0.15) is 17.8 Å². The van der Waals surface area contributed by atoms with Gasteiger partial charge in [-0.3, -0.25) is 0 Å². The second kappa shape index (κ2) is 8.75. The zero-order valence-corrected chi connectivity index (χ0v) is 17.6. The first-order chi connectivity index (χ1) is 14.8. The normalized spacial score (nSPS) is 24.2. The van der Waals surface area contributed by atoms with Crippen molar-refractivity contribution in [3.05, 3.63) is 77.4 Å². The lowest BCUT2D eigenvalue weighted by Gasteiger charge is -2.40. The van der Waals surface area contributed by atoms with Crippen molar-refractivity contribution in [2.24, 2.45) is 0 Å². The van der Waals surface area contributed by atoms with Crippen LogP contribution in [0.25, 0.3) is 5.57 Å². The molecular formula is C24H26F3N3O. The summed E-state index contributed by atoms with van der Waals surface area (Å²) in [4.78, 5) is 18.4. The molecule has 0 aliphatic carbocycles. The Kier molecular flexibility index (Phi) is 6.05. The number of hydrogen-bond donors (Lipinski definition) is 0. The van der Waals surface area contributed by atoms with Gasteiger partial charge in [-0.15, -0.1) is 0 Å². The van der Waals surface area contributed by atoms with E-state index in [0.29, 0.717) is 18.5 Å². The van der Waals surface area contributed by atoms with E-state index in [1.807, 2.05) is 42.3 Å². The van der Waals surface area contributed by atoms with Crippen molar-refractivity contribution in [1.29, 1.82) is 0 Å². The molecule has 2 amide bonds. The summed E-state index contributed by atoms with van der Waals surface area (Å²) in [5.41, 5.74) is 1.53. The van der Waals surface area contributed by atoms with E-state index in [1.54, 1.807) is 18.0 Å². The standard InChI is InChI=1S/C24H26F3N3O/c1-28-11-10-22(21(27)15-28)29(2)24(31)30-14-17(19-13-18(25)8-9-20(19)26)12-23(30)16-6-4-3-5-7-16/h3-9,12-13,21-23H,10-11,14-15H2,1-2H3/t21-,22+,23+/m1/s1.